The predicted octanol–water partition coefficient (Wildman–Crippen LogP) is 4.11. The normalized spacial score (nSPS) is 25.7. The maximum absolute atomic E-state index is 12.0. The Labute approximate surface area is 119 Å². The number of rotatable bonds is 2. The maximum Gasteiger partial charge on any atom is 0.154 e. The second kappa shape index (κ2) is 5.19. The highest BCUT2D eigenvalue weighted by Crippen LogP contribution is 2.41. The van der Waals surface area contributed by atoms with Gasteiger partial charge in [0.2, 0.25) is 0 Å². The van der Waals surface area contributed by atoms with Crippen LogP contribution in [0, 0.1) is 6.92 Å². The highest BCUT2D eigenvalue weighted by molar-refractivity contribution is 9.09. The number of thiophene rings is 1. The lowest BCUT2D eigenvalue weighted by atomic mass is 10.1. The molecular formula is C11H14BrClO2S2. The largest absolute Gasteiger partial charge is 0.228 e. The van der Waals surface area contributed by atoms with Crippen LogP contribution in [0.1, 0.15) is 34.5 Å². The van der Waals surface area contributed by atoms with E-state index in [1.807, 2.05) is 13.0 Å². The molecule has 96 valence electrons. The summed E-state index contributed by atoms with van der Waals surface area (Å²) in [4.78, 5) is 0.895. The summed E-state index contributed by atoms with van der Waals surface area (Å²) in [7, 11) is -2.96. The summed E-state index contributed by atoms with van der Waals surface area (Å²) in [6.45, 7) is 1.94. The van der Waals surface area contributed by atoms with Crippen molar-refractivity contribution in [1.29, 1.82) is 0 Å². The van der Waals surface area contributed by atoms with E-state index in [4.69, 9.17) is 11.6 Å². The average molecular weight is 358 g/mol. The maximum atomic E-state index is 12.0. The summed E-state index contributed by atoms with van der Waals surface area (Å²) in [5.41, 5.74) is 1.02. The number of hydrogen-bond acceptors (Lipinski definition) is 3. The molecule has 1 aromatic rings. The molecule has 0 spiro atoms. The zero-order valence-electron chi connectivity index (χ0n) is 9.45. The van der Waals surface area contributed by atoms with Gasteiger partial charge < -0.3 is 0 Å². The topological polar surface area (TPSA) is 34.1 Å². The third-order valence-corrected chi connectivity index (χ3v) is 8.81. The van der Waals surface area contributed by atoms with Gasteiger partial charge in [0.1, 0.15) is 0 Å². The van der Waals surface area contributed by atoms with E-state index in [0.717, 1.165) is 34.0 Å². The molecule has 2 heterocycles. The lowest BCUT2D eigenvalue weighted by Crippen LogP contribution is -2.31. The van der Waals surface area contributed by atoms with Crippen molar-refractivity contribution in [2.24, 2.45) is 0 Å². The van der Waals surface area contributed by atoms with E-state index >= 15 is 0 Å². The molecule has 1 aliphatic heterocycles. The van der Waals surface area contributed by atoms with E-state index in [1.165, 1.54) is 11.3 Å². The van der Waals surface area contributed by atoms with Gasteiger partial charge in [-0.2, -0.15) is 0 Å². The van der Waals surface area contributed by atoms with Crippen molar-refractivity contribution in [1.82, 2.24) is 0 Å². The summed E-state index contributed by atoms with van der Waals surface area (Å²) in [6.07, 6.45) is 2.53. The van der Waals surface area contributed by atoms with E-state index in [1.54, 1.807) is 0 Å². The van der Waals surface area contributed by atoms with Crippen LogP contribution in [0.4, 0.5) is 0 Å². The molecular weight excluding hydrogens is 344 g/mol. The second-order valence-corrected chi connectivity index (χ2v) is 9.42. The van der Waals surface area contributed by atoms with Crippen LogP contribution in [0.5, 0.6) is 0 Å². The molecule has 17 heavy (non-hydrogen) atoms. The minimum atomic E-state index is -2.96. The first-order chi connectivity index (χ1) is 7.92. The van der Waals surface area contributed by atoms with Crippen LogP contribution in [-0.2, 0) is 9.84 Å². The molecule has 2 nitrogen and oxygen atoms in total. The van der Waals surface area contributed by atoms with Gasteiger partial charge in [0.15, 0.2) is 9.84 Å². The third-order valence-electron chi connectivity index (χ3n) is 3.10. The minimum absolute atomic E-state index is 0.121. The van der Waals surface area contributed by atoms with Crippen LogP contribution in [-0.4, -0.2) is 19.4 Å². The number of alkyl halides is 1. The van der Waals surface area contributed by atoms with Gasteiger partial charge in [-0.1, -0.05) is 34.0 Å². The average Bonchev–Trinajstić information content (AvgIpc) is 2.58. The van der Waals surface area contributed by atoms with Gasteiger partial charge in [-0.25, -0.2) is 8.42 Å². The molecule has 2 unspecified atom stereocenters. The van der Waals surface area contributed by atoms with E-state index in [2.05, 4.69) is 15.9 Å². The molecule has 2 rings (SSSR count). The fourth-order valence-corrected chi connectivity index (χ4v) is 7.07. The van der Waals surface area contributed by atoms with Crippen molar-refractivity contribution in [3.05, 3.63) is 20.8 Å². The molecule has 0 aliphatic carbocycles. The molecule has 0 amide bonds. The third kappa shape index (κ3) is 2.88. The van der Waals surface area contributed by atoms with Crippen LogP contribution < -0.4 is 0 Å². The van der Waals surface area contributed by atoms with Gasteiger partial charge in [-0.15, -0.1) is 11.3 Å². The Morgan fingerprint density at radius 3 is 2.76 bits per heavy atom. The highest BCUT2D eigenvalue weighted by Gasteiger charge is 2.35. The van der Waals surface area contributed by atoms with Gasteiger partial charge >= 0.3 is 0 Å². The van der Waals surface area contributed by atoms with Crippen LogP contribution in [0.15, 0.2) is 6.07 Å². The molecule has 0 aromatic carbocycles. The number of halogens is 2. The summed E-state index contributed by atoms with van der Waals surface area (Å²) < 4.78 is 24.8. The molecule has 1 fully saturated rings. The summed E-state index contributed by atoms with van der Waals surface area (Å²) in [6, 6.07) is 1.98. The molecule has 0 saturated carbocycles. The summed E-state index contributed by atoms with van der Waals surface area (Å²) in [5, 5.41) is -0.301. The van der Waals surface area contributed by atoms with Crippen LogP contribution in [0.25, 0.3) is 0 Å². The minimum Gasteiger partial charge on any atom is -0.228 e. The second-order valence-electron chi connectivity index (χ2n) is 4.41. The fourth-order valence-electron chi connectivity index (χ4n) is 2.11. The van der Waals surface area contributed by atoms with Crippen LogP contribution in [0.3, 0.4) is 0 Å². The Kier molecular flexibility index (Phi) is 4.23. The predicted molar refractivity (Wildman–Crippen MR) is 77.2 cm³/mol. The highest BCUT2D eigenvalue weighted by atomic mass is 79.9. The molecule has 1 saturated heterocycles. The van der Waals surface area contributed by atoms with E-state index < -0.39 is 9.84 Å². The van der Waals surface area contributed by atoms with Crippen molar-refractivity contribution >= 4 is 48.7 Å². The van der Waals surface area contributed by atoms with Crippen molar-refractivity contribution in [2.45, 2.75) is 36.3 Å². The number of sulfone groups is 1. The number of aryl methyl sites for hydroxylation is 1. The molecule has 0 N–H and O–H groups in total. The number of hydrogen-bond donors (Lipinski definition) is 0. The Morgan fingerprint density at radius 2 is 2.24 bits per heavy atom. The molecule has 1 aliphatic rings. The van der Waals surface area contributed by atoms with E-state index in [0.29, 0.717) is 5.75 Å². The van der Waals surface area contributed by atoms with Gasteiger partial charge in [-0.05, 0) is 31.4 Å². The van der Waals surface area contributed by atoms with Crippen molar-refractivity contribution in [3.63, 3.8) is 0 Å². The molecule has 0 radical (unpaired) electrons. The van der Waals surface area contributed by atoms with E-state index in [9.17, 15) is 8.42 Å². The molecule has 2 atom stereocenters. The van der Waals surface area contributed by atoms with Crippen molar-refractivity contribution < 1.29 is 8.42 Å². The molecule has 1 aromatic heterocycles. The van der Waals surface area contributed by atoms with Gasteiger partial charge in [0.05, 0.1) is 20.2 Å². The Balaban J connectivity index is 2.27. The van der Waals surface area contributed by atoms with Crippen LogP contribution in [0.2, 0.25) is 4.34 Å². The quantitative estimate of drug-likeness (QED) is 0.746. The molecule has 6 heteroatoms. The fraction of sp³-hybridized carbons (Fsp3) is 0.636. The van der Waals surface area contributed by atoms with Gasteiger partial charge in [-0.3, -0.25) is 0 Å². The van der Waals surface area contributed by atoms with E-state index in [-0.39, 0.29) is 10.1 Å². The Hall–Kier alpha value is 0.420. The summed E-state index contributed by atoms with van der Waals surface area (Å²) >= 11 is 11.0. The SMILES string of the molecule is Cc1cc(C(Br)C2CCCCS2(=O)=O)sc1Cl. The Bertz CT molecular complexity index is 490. The first-order valence-corrected chi connectivity index (χ1v) is 9.36. The lowest BCUT2D eigenvalue weighted by Gasteiger charge is -2.25. The van der Waals surface area contributed by atoms with Gasteiger partial charge in [0, 0.05) is 4.88 Å². The first kappa shape index (κ1) is 13.8. The zero-order valence-corrected chi connectivity index (χ0v) is 13.4. The molecule has 0 bridgehead atoms. The smallest absolute Gasteiger partial charge is 0.154 e. The standard InChI is InChI=1S/C11H14BrClO2S2/c1-7-6-8(16-11(7)13)10(12)9-4-2-3-5-17(9,14)15/h6,9-10H,2-5H2,1H3. The van der Waals surface area contributed by atoms with Crippen molar-refractivity contribution in [2.75, 3.05) is 5.75 Å². The first-order valence-electron chi connectivity index (χ1n) is 5.53. The lowest BCUT2D eigenvalue weighted by molar-refractivity contribution is 0.538. The van der Waals surface area contributed by atoms with Gasteiger partial charge in [0.25, 0.3) is 0 Å². The van der Waals surface area contributed by atoms with Crippen LogP contribution >= 0.6 is 38.9 Å². The zero-order chi connectivity index (χ0) is 12.6. The Morgan fingerprint density at radius 1 is 1.53 bits per heavy atom. The summed E-state index contributed by atoms with van der Waals surface area (Å²) in [5.74, 6) is 0.317. The monoisotopic (exact) mass is 356 g/mol. The van der Waals surface area contributed by atoms with Crippen molar-refractivity contribution in [3.8, 4) is 0 Å².